The van der Waals surface area contributed by atoms with Crippen LogP contribution in [0.2, 0.25) is 0 Å². The summed E-state index contributed by atoms with van der Waals surface area (Å²) in [6, 6.07) is 0. The van der Waals surface area contributed by atoms with Gasteiger partial charge in [0.05, 0.1) is 6.61 Å². The third kappa shape index (κ3) is 13.3. The van der Waals surface area contributed by atoms with Gasteiger partial charge in [-0.3, -0.25) is 9.59 Å². The van der Waals surface area contributed by atoms with Crippen molar-refractivity contribution in [2.75, 3.05) is 13.2 Å². The topological polar surface area (TPSA) is 83.8 Å². The van der Waals surface area contributed by atoms with E-state index in [1.54, 1.807) is 0 Å². The summed E-state index contributed by atoms with van der Waals surface area (Å²) in [5.74, 6) is -1.32. The fourth-order valence-electron chi connectivity index (χ4n) is 2.95. The van der Waals surface area contributed by atoms with Gasteiger partial charge in [0, 0.05) is 6.42 Å². The number of esters is 1. The molecule has 0 aliphatic carbocycles. The predicted octanol–water partition coefficient (Wildman–Crippen LogP) is 4.18. The number of ether oxygens (including phenoxy) is 1. The molecule has 0 saturated heterocycles. The molecule has 0 radical (unpaired) electrons. The van der Waals surface area contributed by atoms with Crippen LogP contribution in [0.4, 0.5) is 0 Å². The van der Waals surface area contributed by atoms with Crippen LogP contribution < -0.4 is 0 Å². The molecule has 0 aromatic heterocycles. The molecular formula is C21H40O5. The largest absolute Gasteiger partial charge is 0.462 e. The van der Waals surface area contributed by atoms with E-state index in [2.05, 4.69) is 13.8 Å². The molecule has 0 fully saturated rings. The second-order valence-electron chi connectivity index (χ2n) is 7.21. The van der Waals surface area contributed by atoms with Gasteiger partial charge in [0.15, 0.2) is 0 Å². The van der Waals surface area contributed by atoms with E-state index in [1.807, 2.05) is 0 Å². The summed E-state index contributed by atoms with van der Waals surface area (Å²) in [5.41, 5.74) is 0. The number of unbranched alkanes of at least 4 members (excludes halogenated alkanes) is 9. The summed E-state index contributed by atoms with van der Waals surface area (Å²) in [7, 11) is 0. The van der Waals surface area contributed by atoms with Gasteiger partial charge in [0.25, 0.3) is 0 Å². The zero-order valence-corrected chi connectivity index (χ0v) is 16.9. The summed E-state index contributed by atoms with van der Waals surface area (Å²) < 4.78 is 5.04. The third-order valence-electron chi connectivity index (χ3n) is 4.67. The van der Waals surface area contributed by atoms with Gasteiger partial charge in [-0.15, -0.1) is 0 Å². The molecule has 0 bridgehead atoms. The van der Waals surface area contributed by atoms with E-state index in [9.17, 15) is 14.7 Å². The van der Waals surface area contributed by atoms with Gasteiger partial charge in [0.2, 0.25) is 0 Å². The number of carbonyl (C=O) groups is 2. The highest BCUT2D eigenvalue weighted by Gasteiger charge is 2.27. The summed E-state index contributed by atoms with van der Waals surface area (Å²) in [4.78, 5) is 24.7. The van der Waals surface area contributed by atoms with Crippen LogP contribution in [0.3, 0.4) is 0 Å². The highest BCUT2D eigenvalue weighted by molar-refractivity contribution is 5.98. The standard InChI is InChI=1S/C21H40O5/c1-3-5-7-9-10-11-13-15-20(24)19(14-12-8-6-4-2)21(25)26-17-18(23)16-22/h18-19,22-23H,3-17H2,1-2H3. The fourth-order valence-corrected chi connectivity index (χ4v) is 2.95. The molecule has 0 aromatic carbocycles. The van der Waals surface area contributed by atoms with Crippen molar-refractivity contribution >= 4 is 11.8 Å². The van der Waals surface area contributed by atoms with E-state index in [-0.39, 0.29) is 12.4 Å². The Morgan fingerprint density at radius 3 is 1.96 bits per heavy atom. The summed E-state index contributed by atoms with van der Waals surface area (Å²) in [6.45, 7) is 3.59. The molecule has 154 valence electrons. The van der Waals surface area contributed by atoms with Crippen LogP contribution in [0.25, 0.3) is 0 Å². The number of carbonyl (C=O) groups excluding carboxylic acids is 2. The molecule has 0 spiro atoms. The van der Waals surface area contributed by atoms with Crippen LogP contribution in [0.1, 0.15) is 97.3 Å². The van der Waals surface area contributed by atoms with Gasteiger partial charge >= 0.3 is 5.97 Å². The molecule has 2 unspecified atom stereocenters. The number of hydrogen-bond donors (Lipinski definition) is 2. The Labute approximate surface area is 159 Å². The van der Waals surface area contributed by atoms with Gasteiger partial charge in [-0.25, -0.2) is 0 Å². The lowest BCUT2D eigenvalue weighted by molar-refractivity contribution is -0.155. The van der Waals surface area contributed by atoms with Crippen LogP contribution >= 0.6 is 0 Å². The number of rotatable bonds is 18. The van der Waals surface area contributed by atoms with Gasteiger partial charge < -0.3 is 14.9 Å². The van der Waals surface area contributed by atoms with Crippen molar-refractivity contribution in [3.8, 4) is 0 Å². The quantitative estimate of drug-likeness (QED) is 0.214. The number of ketones is 1. The van der Waals surface area contributed by atoms with Crippen molar-refractivity contribution in [1.82, 2.24) is 0 Å². The molecule has 0 rings (SSSR count). The number of Topliss-reactive ketones (excluding diaryl/α,β-unsaturated/α-hetero) is 1. The lowest BCUT2D eigenvalue weighted by atomic mass is 9.93. The second kappa shape index (κ2) is 17.5. The van der Waals surface area contributed by atoms with Crippen LogP contribution in [-0.2, 0) is 14.3 Å². The maximum atomic E-state index is 12.5. The highest BCUT2D eigenvalue weighted by Crippen LogP contribution is 2.18. The maximum absolute atomic E-state index is 12.5. The van der Waals surface area contributed by atoms with Crippen molar-refractivity contribution in [3.05, 3.63) is 0 Å². The molecule has 5 heteroatoms. The first-order valence-electron chi connectivity index (χ1n) is 10.5. The minimum atomic E-state index is -1.09. The average molecular weight is 373 g/mol. The maximum Gasteiger partial charge on any atom is 0.316 e. The Bertz CT molecular complexity index is 356. The SMILES string of the molecule is CCCCCCCCCC(=O)C(CCCCCC)C(=O)OCC(O)CO. The van der Waals surface area contributed by atoms with E-state index < -0.39 is 24.6 Å². The molecule has 2 atom stereocenters. The summed E-state index contributed by atoms with van der Waals surface area (Å²) >= 11 is 0. The molecule has 26 heavy (non-hydrogen) atoms. The summed E-state index contributed by atoms with van der Waals surface area (Å²) in [5, 5.41) is 18.1. The van der Waals surface area contributed by atoms with Crippen LogP contribution in [0.15, 0.2) is 0 Å². The van der Waals surface area contributed by atoms with Crippen molar-refractivity contribution in [1.29, 1.82) is 0 Å². The third-order valence-corrected chi connectivity index (χ3v) is 4.67. The van der Waals surface area contributed by atoms with E-state index in [4.69, 9.17) is 9.84 Å². The van der Waals surface area contributed by atoms with Gasteiger partial charge in [-0.2, -0.15) is 0 Å². The lowest BCUT2D eigenvalue weighted by Gasteiger charge is -2.16. The van der Waals surface area contributed by atoms with Gasteiger partial charge in [-0.1, -0.05) is 78.1 Å². The zero-order valence-electron chi connectivity index (χ0n) is 16.9. The second-order valence-corrected chi connectivity index (χ2v) is 7.21. The predicted molar refractivity (Wildman–Crippen MR) is 104 cm³/mol. The monoisotopic (exact) mass is 372 g/mol. The number of aliphatic hydroxyl groups is 2. The minimum absolute atomic E-state index is 0.0430. The number of aliphatic hydroxyl groups excluding tert-OH is 2. The Kier molecular flexibility index (Phi) is 16.8. The van der Waals surface area contributed by atoms with Crippen molar-refractivity contribution < 1.29 is 24.5 Å². The van der Waals surface area contributed by atoms with Crippen LogP contribution in [-0.4, -0.2) is 41.3 Å². The van der Waals surface area contributed by atoms with Crippen molar-refractivity contribution in [2.45, 2.75) is 103 Å². The van der Waals surface area contributed by atoms with E-state index in [0.717, 1.165) is 44.9 Å². The van der Waals surface area contributed by atoms with E-state index in [0.29, 0.717) is 12.8 Å². The molecule has 0 aliphatic heterocycles. The Morgan fingerprint density at radius 2 is 1.38 bits per heavy atom. The molecule has 5 nitrogen and oxygen atoms in total. The van der Waals surface area contributed by atoms with Crippen molar-refractivity contribution in [2.24, 2.45) is 5.92 Å². The van der Waals surface area contributed by atoms with Crippen LogP contribution in [0, 0.1) is 5.92 Å². The highest BCUT2D eigenvalue weighted by atomic mass is 16.5. The zero-order chi connectivity index (χ0) is 19.6. The normalized spacial score (nSPS) is 13.4. The smallest absolute Gasteiger partial charge is 0.316 e. The average Bonchev–Trinajstić information content (AvgIpc) is 2.64. The summed E-state index contributed by atoms with van der Waals surface area (Å²) in [6.07, 6.45) is 11.8. The molecular weight excluding hydrogens is 332 g/mol. The first kappa shape index (κ1) is 25.1. The van der Waals surface area contributed by atoms with Crippen LogP contribution in [0.5, 0.6) is 0 Å². The molecule has 0 aromatic rings. The lowest BCUT2D eigenvalue weighted by Crippen LogP contribution is -2.30. The molecule has 0 saturated carbocycles. The van der Waals surface area contributed by atoms with E-state index in [1.165, 1.54) is 25.7 Å². The molecule has 0 aliphatic rings. The Hall–Kier alpha value is -0.940. The molecule has 0 heterocycles. The first-order valence-corrected chi connectivity index (χ1v) is 10.5. The molecule has 2 N–H and O–H groups in total. The van der Waals surface area contributed by atoms with Gasteiger partial charge in [0.1, 0.15) is 24.4 Å². The fraction of sp³-hybridized carbons (Fsp3) is 0.905. The Morgan fingerprint density at radius 1 is 0.846 bits per heavy atom. The van der Waals surface area contributed by atoms with Crippen molar-refractivity contribution in [3.63, 3.8) is 0 Å². The first-order chi connectivity index (χ1) is 12.6. The molecule has 0 amide bonds. The van der Waals surface area contributed by atoms with Gasteiger partial charge in [-0.05, 0) is 12.8 Å². The van der Waals surface area contributed by atoms with E-state index >= 15 is 0 Å². The Balaban J connectivity index is 4.28. The number of hydrogen-bond acceptors (Lipinski definition) is 5. The minimum Gasteiger partial charge on any atom is -0.462 e.